The molecule has 1 aromatic carbocycles. The molecule has 0 fully saturated rings. The van der Waals surface area contributed by atoms with Gasteiger partial charge in [0.15, 0.2) is 0 Å². The number of benzene rings is 1. The van der Waals surface area contributed by atoms with Crippen molar-refractivity contribution in [1.29, 1.82) is 0 Å². The van der Waals surface area contributed by atoms with Crippen LogP contribution in [0.1, 0.15) is 0 Å². The standard InChI is InChI=1S/C16H16BrN3O2S/c1-3-9-20(10-4-2)14(21)11-23-16-19-18-15(22-16)12-7-5-6-8-13(12)17/h3-8H,1-2,9-11H2. The molecule has 0 saturated carbocycles. The number of thioether (sulfide) groups is 1. The fourth-order valence-electron chi connectivity index (χ4n) is 1.82. The Morgan fingerprint density at radius 3 is 2.61 bits per heavy atom. The van der Waals surface area contributed by atoms with Crippen LogP contribution < -0.4 is 0 Å². The highest BCUT2D eigenvalue weighted by Gasteiger charge is 2.15. The van der Waals surface area contributed by atoms with Crippen molar-refractivity contribution in [3.8, 4) is 11.5 Å². The number of hydrogen-bond acceptors (Lipinski definition) is 5. The van der Waals surface area contributed by atoms with E-state index in [4.69, 9.17) is 4.42 Å². The van der Waals surface area contributed by atoms with E-state index in [1.807, 2.05) is 24.3 Å². The average Bonchev–Trinajstić information content (AvgIpc) is 3.01. The number of carbonyl (C=O) groups is 1. The van der Waals surface area contributed by atoms with E-state index in [9.17, 15) is 4.79 Å². The Morgan fingerprint density at radius 2 is 1.96 bits per heavy atom. The number of aromatic nitrogens is 2. The Kier molecular flexibility index (Phi) is 6.61. The monoisotopic (exact) mass is 393 g/mol. The first-order chi connectivity index (χ1) is 11.2. The van der Waals surface area contributed by atoms with Crippen molar-refractivity contribution in [3.05, 3.63) is 54.0 Å². The number of amides is 1. The molecule has 0 bridgehead atoms. The number of halogens is 1. The van der Waals surface area contributed by atoms with Crippen molar-refractivity contribution >= 4 is 33.6 Å². The van der Waals surface area contributed by atoms with Gasteiger partial charge in [0, 0.05) is 17.6 Å². The lowest BCUT2D eigenvalue weighted by atomic mass is 10.2. The first-order valence-corrected chi connectivity index (χ1v) is 8.64. The van der Waals surface area contributed by atoms with Crippen LogP contribution in [-0.4, -0.2) is 39.8 Å². The van der Waals surface area contributed by atoms with Gasteiger partial charge in [-0.3, -0.25) is 4.79 Å². The molecule has 2 rings (SSSR count). The lowest BCUT2D eigenvalue weighted by Gasteiger charge is -2.18. The Hall–Kier alpha value is -1.86. The van der Waals surface area contributed by atoms with E-state index in [2.05, 4.69) is 39.3 Å². The molecule has 0 aliphatic heterocycles. The van der Waals surface area contributed by atoms with Gasteiger partial charge in [-0.15, -0.1) is 23.4 Å². The molecule has 1 amide bonds. The number of nitrogens with zero attached hydrogens (tertiary/aromatic N) is 3. The molecule has 1 heterocycles. The molecular formula is C16H16BrN3O2S. The zero-order chi connectivity index (χ0) is 16.7. The second-order valence-electron chi connectivity index (χ2n) is 4.52. The molecule has 0 atom stereocenters. The van der Waals surface area contributed by atoms with Gasteiger partial charge in [0.2, 0.25) is 11.8 Å². The van der Waals surface area contributed by atoms with Crippen LogP contribution in [0, 0.1) is 0 Å². The first kappa shape index (κ1) is 17.5. The van der Waals surface area contributed by atoms with Crippen molar-refractivity contribution in [2.24, 2.45) is 0 Å². The van der Waals surface area contributed by atoms with E-state index in [1.54, 1.807) is 17.1 Å². The Morgan fingerprint density at radius 1 is 1.26 bits per heavy atom. The van der Waals surface area contributed by atoms with Gasteiger partial charge in [-0.25, -0.2) is 0 Å². The van der Waals surface area contributed by atoms with Crippen LogP contribution >= 0.6 is 27.7 Å². The molecule has 1 aromatic heterocycles. The summed E-state index contributed by atoms with van der Waals surface area (Å²) in [7, 11) is 0. The van der Waals surface area contributed by atoms with E-state index >= 15 is 0 Å². The fourth-order valence-corrected chi connectivity index (χ4v) is 2.94. The molecular weight excluding hydrogens is 378 g/mol. The SMILES string of the molecule is C=CCN(CC=C)C(=O)CSc1nnc(-c2ccccc2Br)o1. The first-order valence-electron chi connectivity index (χ1n) is 6.86. The van der Waals surface area contributed by atoms with Crippen LogP contribution in [0.5, 0.6) is 0 Å². The third kappa shape index (κ3) is 4.80. The summed E-state index contributed by atoms with van der Waals surface area (Å²) in [4.78, 5) is 13.8. The summed E-state index contributed by atoms with van der Waals surface area (Å²) in [6.07, 6.45) is 3.37. The van der Waals surface area contributed by atoms with Gasteiger partial charge in [-0.05, 0) is 28.1 Å². The lowest BCUT2D eigenvalue weighted by Crippen LogP contribution is -2.32. The van der Waals surface area contributed by atoms with E-state index in [1.165, 1.54) is 11.8 Å². The van der Waals surface area contributed by atoms with Crippen molar-refractivity contribution in [2.75, 3.05) is 18.8 Å². The van der Waals surface area contributed by atoms with Crippen LogP contribution in [0.3, 0.4) is 0 Å². The van der Waals surface area contributed by atoms with Crippen molar-refractivity contribution in [1.82, 2.24) is 15.1 Å². The highest BCUT2D eigenvalue weighted by Crippen LogP contribution is 2.28. The molecule has 0 radical (unpaired) electrons. The normalized spacial score (nSPS) is 10.3. The number of rotatable bonds is 8. The number of carbonyl (C=O) groups excluding carboxylic acids is 1. The summed E-state index contributed by atoms with van der Waals surface area (Å²) in [6, 6.07) is 7.58. The van der Waals surface area contributed by atoms with Crippen molar-refractivity contribution in [3.63, 3.8) is 0 Å². The minimum Gasteiger partial charge on any atom is -0.411 e. The van der Waals surface area contributed by atoms with E-state index in [-0.39, 0.29) is 11.7 Å². The van der Waals surface area contributed by atoms with Gasteiger partial charge in [0.25, 0.3) is 5.22 Å². The topological polar surface area (TPSA) is 59.2 Å². The summed E-state index contributed by atoms with van der Waals surface area (Å²) < 4.78 is 6.47. The van der Waals surface area contributed by atoms with Gasteiger partial charge in [0.05, 0.1) is 11.3 Å². The van der Waals surface area contributed by atoms with Crippen molar-refractivity contribution < 1.29 is 9.21 Å². The van der Waals surface area contributed by atoms with Gasteiger partial charge < -0.3 is 9.32 Å². The highest BCUT2D eigenvalue weighted by molar-refractivity contribution is 9.10. The summed E-state index contributed by atoms with van der Waals surface area (Å²) >= 11 is 4.66. The predicted molar refractivity (Wildman–Crippen MR) is 95.1 cm³/mol. The zero-order valence-electron chi connectivity index (χ0n) is 12.4. The third-order valence-electron chi connectivity index (χ3n) is 2.88. The zero-order valence-corrected chi connectivity index (χ0v) is 14.8. The second-order valence-corrected chi connectivity index (χ2v) is 6.30. The van der Waals surface area contributed by atoms with Crippen LogP contribution in [0.15, 0.2) is 63.7 Å². The van der Waals surface area contributed by atoms with E-state index < -0.39 is 0 Å². The summed E-state index contributed by atoms with van der Waals surface area (Å²) in [5, 5.41) is 8.35. The molecule has 0 N–H and O–H groups in total. The quantitative estimate of drug-likeness (QED) is 0.504. The average molecular weight is 394 g/mol. The summed E-state index contributed by atoms with van der Waals surface area (Å²) in [5.74, 6) is 0.608. The van der Waals surface area contributed by atoms with Gasteiger partial charge in [-0.1, -0.05) is 36.0 Å². The van der Waals surface area contributed by atoms with Crippen LogP contribution in [0.25, 0.3) is 11.5 Å². The maximum Gasteiger partial charge on any atom is 0.277 e. The smallest absolute Gasteiger partial charge is 0.277 e. The maximum absolute atomic E-state index is 12.1. The molecule has 0 aliphatic rings. The highest BCUT2D eigenvalue weighted by atomic mass is 79.9. The van der Waals surface area contributed by atoms with E-state index in [0.717, 1.165) is 10.0 Å². The van der Waals surface area contributed by atoms with E-state index in [0.29, 0.717) is 24.2 Å². The van der Waals surface area contributed by atoms with Crippen molar-refractivity contribution in [2.45, 2.75) is 5.22 Å². The fraction of sp³-hybridized carbons (Fsp3) is 0.188. The Labute approximate surface area is 147 Å². The van der Waals surface area contributed by atoms with Crippen LogP contribution in [0.2, 0.25) is 0 Å². The molecule has 120 valence electrons. The minimum atomic E-state index is -0.0320. The molecule has 0 unspecified atom stereocenters. The number of hydrogen-bond donors (Lipinski definition) is 0. The van der Waals surface area contributed by atoms with Crippen LogP contribution in [0.4, 0.5) is 0 Å². The summed E-state index contributed by atoms with van der Waals surface area (Å²) in [6.45, 7) is 8.26. The molecule has 0 saturated heterocycles. The Bertz CT molecular complexity index is 692. The van der Waals surface area contributed by atoms with Gasteiger partial charge in [0.1, 0.15) is 0 Å². The van der Waals surface area contributed by atoms with Gasteiger partial charge in [-0.2, -0.15) is 0 Å². The minimum absolute atomic E-state index is 0.0320. The predicted octanol–water partition coefficient (Wildman–Crippen LogP) is 3.79. The largest absolute Gasteiger partial charge is 0.411 e. The summed E-state index contributed by atoms with van der Waals surface area (Å²) in [5.41, 5.74) is 0.818. The second kappa shape index (κ2) is 8.69. The molecule has 0 spiro atoms. The third-order valence-corrected chi connectivity index (χ3v) is 4.38. The lowest BCUT2D eigenvalue weighted by molar-refractivity contribution is -0.127. The molecule has 5 nitrogen and oxygen atoms in total. The Balaban J connectivity index is 1.99. The molecule has 2 aromatic rings. The molecule has 0 aliphatic carbocycles. The van der Waals surface area contributed by atoms with Crippen LogP contribution in [-0.2, 0) is 4.79 Å². The molecule has 7 heteroatoms. The molecule has 23 heavy (non-hydrogen) atoms. The maximum atomic E-state index is 12.1. The van der Waals surface area contributed by atoms with Gasteiger partial charge >= 0.3 is 0 Å².